The second kappa shape index (κ2) is 3.66. The van der Waals surface area contributed by atoms with Crippen LogP contribution in [-0.4, -0.2) is 22.8 Å². The maximum absolute atomic E-state index is 13.0. The van der Waals surface area contributed by atoms with Gasteiger partial charge >= 0.3 is 0 Å². The SMILES string of the molecule is CN1C=C(I)CCn2nc(C3CC3(F)F)cc21. The quantitative estimate of drug-likeness (QED) is 0.725. The molecule has 2 heterocycles. The Morgan fingerprint density at radius 2 is 2.24 bits per heavy atom. The van der Waals surface area contributed by atoms with Crippen LogP contribution in [0.5, 0.6) is 0 Å². The number of alkyl halides is 2. The number of hydrogen-bond acceptors (Lipinski definition) is 2. The van der Waals surface area contributed by atoms with E-state index in [1.54, 1.807) is 6.07 Å². The van der Waals surface area contributed by atoms with E-state index in [9.17, 15) is 8.78 Å². The molecule has 0 spiro atoms. The fraction of sp³-hybridized carbons (Fsp3) is 0.545. The van der Waals surface area contributed by atoms with Gasteiger partial charge in [0.15, 0.2) is 0 Å². The fourth-order valence-corrected chi connectivity index (χ4v) is 2.79. The first-order valence-corrected chi connectivity index (χ1v) is 6.60. The molecule has 0 N–H and O–H groups in total. The molecule has 0 saturated heterocycles. The highest BCUT2D eigenvalue weighted by Gasteiger charge is 2.59. The van der Waals surface area contributed by atoms with Crippen LogP contribution in [0.4, 0.5) is 14.6 Å². The molecule has 1 fully saturated rings. The van der Waals surface area contributed by atoms with Gasteiger partial charge in [-0.05, 0) is 29.0 Å². The molecule has 2 aliphatic rings. The van der Waals surface area contributed by atoms with E-state index in [0.29, 0.717) is 5.69 Å². The van der Waals surface area contributed by atoms with Crippen molar-refractivity contribution in [1.29, 1.82) is 0 Å². The summed E-state index contributed by atoms with van der Waals surface area (Å²) in [6.45, 7) is 0.757. The molecule has 0 bridgehead atoms. The Morgan fingerprint density at radius 1 is 1.53 bits per heavy atom. The minimum Gasteiger partial charge on any atom is -0.336 e. The van der Waals surface area contributed by atoms with Crippen molar-refractivity contribution in [1.82, 2.24) is 9.78 Å². The standard InChI is InChI=1S/C11H12F2IN3/c1-16-6-7(14)2-3-17-10(16)4-9(15-17)8-5-11(8,12)13/h4,6,8H,2-3,5H2,1H3. The number of rotatable bonds is 1. The molecule has 0 radical (unpaired) electrons. The zero-order valence-corrected chi connectivity index (χ0v) is 11.5. The smallest absolute Gasteiger partial charge is 0.257 e. The van der Waals surface area contributed by atoms with E-state index >= 15 is 0 Å². The summed E-state index contributed by atoms with van der Waals surface area (Å²) >= 11 is 2.29. The van der Waals surface area contributed by atoms with Crippen LogP contribution in [0.3, 0.4) is 0 Å². The Hall–Kier alpha value is -0.660. The highest BCUT2D eigenvalue weighted by Crippen LogP contribution is 2.55. The molecule has 1 saturated carbocycles. The van der Waals surface area contributed by atoms with E-state index in [2.05, 4.69) is 27.7 Å². The van der Waals surface area contributed by atoms with Gasteiger partial charge in [-0.2, -0.15) is 5.10 Å². The number of allylic oxidation sites excluding steroid dienone is 1. The molecule has 1 atom stereocenters. The average molecular weight is 351 g/mol. The van der Waals surface area contributed by atoms with Gasteiger partial charge in [0.2, 0.25) is 0 Å². The third-order valence-corrected chi connectivity index (χ3v) is 4.04. The normalized spacial score (nSPS) is 26.2. The zero-order valence-electron chi connectivity index (χ0n) is 9.33. The molecule has 3 nitrogen and oxygen atoms in total. The molecular weight excluding hydrogens is 339 g/mol. The first kappa shape index (κ1) is 11.4. The summed E-state index contributed by atoms with van der Waals surface area (Å²) < 4.78 is 29.1. The minimum atomic E-state index is -2.54. The molecule has 92 valence electrons. The average Bonchev–Trinajstić information content (AvgIpc) is 2.75. The summed E-state index contributed by atoms with van der Waals surface area (Å²) in [5.74, 6) is -2.31. The lowest BCUT2D eigenvalue weighted by atomic mass is 10.3. The third-order valence-electron chi connectivity index (χ3n) is 3.22. The number of aryl methyl sites for hydroxylation is 1. The van der Waals surface area contributed by atoms with Crippen molar-refractivity contribution in [2.45, 2.75) is 31.2 Å². The van der Waals surface area contributed by atoms with Crippen molar-refractivity contribution in [3.8, 4) is 0 Å². The first-order valence-electron chi connectivity index (χ1n) is 5.52. The molecule has 1 aromatic rings. The van der Waals surface area contributed by atoms with Crippen molar-refractivity contribution in [3.63, 3.8) is 0 Å². The number of fused-ring (bicyclic) bond motifs is 1. The van der Waals surface area contributed by atoms with E-state index in [1.807, 2.05) is 22.8 Å². The van der Waals surface area contributed by atoms with Crippen molar-refractivity contribution in [3.05, 3.63) is 21.5 Å². The van der Waals surface area contributed by atoms with Crippen molar-refractivity contribution < 1.29 is 8.78 Å². The summed E-state index contributed by atoms with van der Waals surface area (Å²) in [5.41, 5.74) is 0.530. The summed E-state index contributed by atoms with van der Waals surface area (Å²) in [5, 5.41) is 4.31. The fourth-order valence-electron chi connectivity index (χ4n) is 2.13. The number of nitrogens with zero attached hydrogens (tertiary/aromatic N) is 3. The number of aromatic nitrogens is 2. The molecule has 6 heteroatoms. The van der Waals surface area contributed by atoms with E-state index in [0.717, 1.165) is 18.8 Å². The Kier molecular flexibility index (Phi) is 2.46. The van der Waals surface area contributed by atoms with Crippen LogP contribution in [0, 0.1) is 0 Å². The van der Waals surface area contributed by atoms with E-state index in [1.165, 1.54) is 3.58 Å². The number of anilines is 1. The van der Waals surface area contributed by atoms with Gasteiger partial charge in [0.05, 0.1) is 11.6 Å². The van der Waals surface area contributed by atoms with Gasteiger partial charge in [0.25, 0.3) is 5.92 Å². The Bertz CT molecular complexity index is 495. The first-order chi connectivity index (χ1) is 7.97. The number of hydrogen-bond donors (Lipinski definition) is 0. The molecule has 3 rings (SSSR count). The van der Waals surface area contributed by atoms with Crippen molar-refractivity contribution in [2.75, 3.05) is 11.9 Å². The summed E-state index contributed by atoms with van der Waals surface area (Å²) in [6, 6.07) is 1.79. The maximum Gasteiger partial charge on any atom is 0.257 e. The molecule has 1 aliphatic heterocycles. The number of halogens is 3. The lowest BCUT2D eigenvalue weighted by molar-refractivity contribution is 0.111. The lowest BCUT2D eigenvalue weighted by Gasteiger charge is -2.12. The second-order valence-corrected chi connectivity index (χ2v) is 5.99. The maximum atomic E-state index is 13.0. The molecule has 0 aromatic carbocycles. The van der Waals surface area contributed by atoms with Crippen LogP contribution in [0.2, 0.25) is 0 Å². The van der Waals surface area contributed by atoms with Crippen LogP contribution in [-0.2, 0) is 6.54 Å². The highest BCUT2D eigenvalue weighted by atomic mass is 127. The Balaban J connectivity index is 1.94. The summed E-state index contributed by atoms with van der Waals surface area (Å²) in [7, 11) is 1.92. The molecule has 1 unspecified atom stereocenters. The predicted octanol–water partition coefficient (Wildman–Crippen LogP) is 3.12. The van der Waals surface area contributed by atoms with E-state index < -0.39 is 11.8 Å². The Labute approximate surface area is 112 Å². The molecular formula is C11H12F2IN3. The van der Waals surface area contributed by atoms with Gasteiger partial charge < -0.3 is 4.90 Å². The van der Waals surface area contributed by atoms with Gasteiger partial charge in [-0.25, -0.2) is 13.5 Å². The van der Waals surface area contributed by atoms with Gasteiger partial charge in [-0.15, -0.1) is 0 Å². The summed E-state index contributed by atoms with van der Waals surface area (Å²) in [6.07, 6.45) is 2.87. The Morgan fingerprint density at radius 3 is 2.88 bits per heavy atom. The topological polar surface area (TPSA) is 21.1 Å². The van der Waals surface area contributed by atoms with Crippen LogP contribution in [0.25, 0.3) is 0 Å². The predicted molar refractivity (Wildman–Crippen MR) is 69.7 cm³/mol. The van der Waals surface area contributed by atoms with Crippen LogP contribution < -0.4 is 4.90 Å². The van der Waals surface area contributed by atoms with Gasteiger partial charge in [0.1, 0.15) is 5.82 Å². The monoisotopic (exact) mass is 351 g/mol. The van der Waals surface area contributed by atoms with E-state index in [4.69, 9.17) is 0 Å². The largest absolute Gasteiger partial charge is 0.336 e. The van der Waals surface area contributed by atoms with Crippen LogP contribution >= 0.6 is 22.6 Å². The van der Waals surface area contributed by atoms with Gasteiger partial charge in [-0.1, -0.05) is 0 Å². The third kappa shape index (κ3) is 1.96. The van der Waals surface area contributed by atoms with Gasteiger partial charge in [0, 0.05) is 35.9 Å². The molecule has 17 heavy (non-hydrogen) atoms. The van der Waals surface area contributed by atoms with E-state index in [-0.39, 0.29) is 6.42 Å². The van der Waals surface area contributed by atoms with Gasteiger partial charge in [-0.3, -0.25) is 0 Å². The van der Waals surface area contributed by atoms with Crippen LogP contribution in [0.1, 0.15) is 24.5 Å². The summed E-state index contributed by atoms with van der Waals surface area (Å²) in [4.78, 5) is 1.95. The minimum absolute atomic E-state index is 0.0550. The van der Waals surface area contributed by atoms with Crippen LogP contribution in [0.15, 0.2) is 15.8 Å². The molecule has 1 aliphatic carbocycles. The highest BCUT2D eigenvalue weighted by molar-refractivity contribution is 14.1. The zero-order chi connectivity index (χ0) is 12.2. The second-order valence-electron chi connectivity index (χ2n) is 4.61. The molecule has 1 aromatic heterocycles. The van der Waals surface area contributed by atoms with Crippen molar-refractivity contribution >= 4 is 28.4 Å². The molecule has 0 amide bonds. The van der Waals surface area contributed by atoms with Crippen molar-refractivity contribution in [2.24, 2.45) is 0 Å². The lowest BCUT2D eigenvalue weighted by Crippen LogP contribution is -2.11.